The Labute approximate surface area is 138 Å². The molecule has 0 radical (unpaired) electrons. The number of phenols is 1. The number of hydrogen-bond acceptors (Lipinski definition) is 5. The fraction of sp³-hybridized carbons (Fsp3) is 0.375. The summed E-state index contributed by atoms with van der Waals surface area (Å²) in [5.41, 5.74) is 1.93. The summed E-state index contributed by atoms with van der Waals surface area (Å²) in [5.74, 6) is -0.757. The van der Waals surface area contributed by atoms with Gasteiger partial charge in [0.1, 0.15) is 5.75 Å². The van der Waals surface area contributed by atoms with Gasteiger partial charge in [-0.25, -0.2) is 0 Å². The molecule has 1 heterocycles. The fourth-order valence-corrected chi connectivity index (χ4v) is 3.23. The van der Waals surface area contributed by atoms with Crippen LogP contribution in [-0.2, 0) is 13.5 Å². The van der Waals surface area contributed by atoms with Crippen LogP contribution in [0.1, 0.15) is 40.5 Å². The highest BCUT2D eigenvalue weighted by atomic mass is 16.6. The second-order valence-corrected chi connectivity index (χ2v) is 5.95. The maximum atomic E-state index is 12.7. The molecule has 0 unspecified atom stereocenters. The number of amides is 1. The van der Waals surface area contributed by atoms with Crippen molar-refractivity contribution in [2.24, 2.45) is 7.05 Å². The van der Waals surface area contributed by atoms with Crippen molar-refractivity contribution in [3.05, 3.63) is 51.3 Å². The zero-order valence-electron chi connectivity index (χ0n) is 13.5. The number of fused-ring (bicyclic) bond motifs is 1. The fourth-order valence-electron chi connectivity index (χ4n) is 3.23. The Kier molecular flexibility index (Phi) is 3.96. The van der Waals surface area contributed by atoms with E-state index in [1.807, 2.05) is 11.7 Å². The first-order chi connectivity index (χ1) is 11.4. The first-order valence-electron chi connectivity index (χ1n) is 7.65. The van der Waals surface area contributed by atoms with Gasteiger partial charge in [0.15, 0.2) is 0 Å². The third kappa shape index (κ3) is 2.60. The molecule has 1 aromatic carbocycles. The summed E-state index contributed by atoms with van der Waals surface area (Å²) in [7, 11) is 3.56. The first-order valence-corrected chi connectivity index (χ1v) is 7.65. The summed E-state index contributed by atoms with van der Waals surface area (Å²) in [6.07, 6.45) is 4.46. The number of rotatable bonds is 3. The van der Waals surface area contributed by atoms with E-state index in [1.165, 1.54) is 12.1 Å². The molecule has 3 rings (SSSR count). The number of aryl methyl sites for hydroxylation is 1. The maximum Gasteiger partial charge on any atom is 0.273 e. The maximum absolute atomic E-state index is 12.7. The Balaban J connectivity index is 1.90. The van der Waals surface area contributed by atoms with E-state index in [1.54, 1.807) is 18.1 Å². The van der Waals surface area contributed by atoms with E-state index in [4.69, 9.17) is 0 Å². The van der Waals surface area contributed by atoms with E-state index in [2.05, 4.69) is 5.10 Å². The van der Waals surface area contributed by atoms with E-state index >= 15 is 0 Å². The topological polar surface area (TPSA) is 102 Å². The molecule has 8 nitrogen and oxygen atoms in total. The molecule has 0 fully saturated rings. The van der Waals surface area contributed by atoms with Gasteiger partial charge in [-0.3, -0.25) is 19.6 Å². The van der Waals surface area contributed by atoms with Crippen molar-refractivity contribution in [3.8, 4) is 5.75 Å². The molecule has 1 aromatic heterocycles. The number of aromatic nitrogens is 2. The Hall–Kier alpha value is -2.90. The number of nitro benzene ring substituents is 1. The lowest BCUT2D eigenvalue weighted by molar-refractivity contribution is -0.384. The molecule has 1 atom stereocenters. The molecule has 2 aromatic rings. The van der Waals surface area contributed by atoms with Gasteiger partial charge in [-0.1, -0.05) is 0 Å². The minimum absolute atomic E-state index is 0.0547. The van der Waals surface area contributed by atoms with Gasteiger partial charge in [-0.2, -0.15) is 5.10 Å². The third-order valence-electron chi connectivity index (χ3n) is 4.55. The van der Waals surface area contributed by atoms with Crippen molar-refractivity contribution in [1.82, 2.24) is 14.7 Å². The molecule has 8 heteroatoms. The number of nitro groups is 1. The molecular formula is C16H18N4O4. The third-order valence-corrected chi connectivity index (χ3v) is 4.55. The van der Waals surface area contributed by atoms with Gasteiger partial charge in [-0.15, -0.1) is 0 Å². The first kappa shape index (κ1) is 16.0. The minimum Gasteiger partial charge on any atom is -0.507 e. The lowest BCUT2D eigenvalue weighted by Gasteiger charge is -2.31. The molecule has 1 N–H and O–H groups in total. The van der Waals surface area contributed by atoms with Crippen LogP contribution in [-0.4, -0.2) is 37.7 Å². The molecule has 24 heavy (non-hydrogen) atoms. The summed E-state index contributed by atoms with van der Waals surface area (Å²) >= 11 is 0. The minimum atomic E-state index is -0.610. The standard InChI is InChI=1S/C16H18N4O4/c1-18(13-4-3-5-14-12(13)9-17-19(14)2)16(22)11-7-6-10(20(23)24)8-15(11)21/h6-9,13,21H,3-5H2,1-2H3/t13-/m0/s1. The Morgan fingerprint density at radius 2 is 2.25 bits per heavy atom. The van der Waals surface area contributed by atoms with Crippen LogP contribution in [0.3, 0.4) is 0 Å². The molecule has 0 saturated heterocycles. The summed E-state index contributed by atoms with van der Waals surface area (Å²) in [6.45, 7) is 0. The van der Waals surface area contributed by atoms with Crippen molar-refractivity contribution in [1.29, 1.82) is 0 Å². The van der Waals surface area contributed by atoms with Gasteiger partial charge >= 0.3 is 0 Å². The van der Waals surface area contributed by atoms with E-state index < -0.39 is 4.92 Å². The number of hydrogen-bond donors (Lipinski definition) is 1. The van der Waals surface area contributed by atoms with Crippen molar-refractivity contribution in [3.63, 3.8) is 0 Å². The molecule has 0 spiro atoms. The summed E-state index contributed by atoms with van der Waals surface area (Å²) in [6, 6.07) is 3.39. The molecule has 126 valence electrons. The number of carbonyl (C=O) groups is 1. The van der Waals surface area contributed by atoms with E-state index in [0.717, 1.165) is 36.6 Å². The quantitative estimate of drug-likeness (QED) is 0.686. The molecule has 1 aliphatic carbocycles. The average molecular weight is 330 g/mol. The number of nitrogens with zero attached hydrogens (tertiary/aromatic N) is 4. The van der Waals surface area contributed by atoms with Gasteiger partial charge in [-0.05, 0) is 25.3 Å². The van der Waals surface area contributed by atoms with Crippen molar-refractivity contribution in [2.75, 3.05) is 7.05 Å². The lowest BCUT2D eigenvalue weighted by Crippen LogP contribution is -2.33. The second-order valence-electron chi connectivity index (χ2n) is 5.95. The zero-order chi connectivity index (χ0) is 17.4. The van der Waals surface area contributed by atoms with Crippen LogP contribution in [0.25, 0.3) is 0 Å². The average Bonchev–Trinajstić information content (AvgIpc) is 2.95. The van der Waals surface area contributed by atoms with Crippen LogP contribution < -0.4 is 0 Å². The van der Waals surface area contributed by atoms with Crippen LogP contribution >= 0.6 is 0 Å². The van der Waals surface area contributed by atoms with Crippen molar-refractivity contribution in [2.45, 2.75) is 25.3 Å². The van der Waals surface area contributed by atoms with Crippen LogP contribution in [0, 0.1) is 10.1 Å². The van der Waals surface area contributed by atoms with Gasteiger partial charge in [0.25, 0.3) is 11.6 Å². The molecule has 1 amide bonds. The van der Waals surface area contributed by atoms with E-state index in [9.17, 15) is 20.0 Å². The van der Waals surface area contributed by atoms with E-state index in [-0.39, 0.29) is 28.9 Å². The van der Waals surface area contributed by atoms with Crippen LogP contribution in [0.5, 0.6) is 5.75 Å². The summed E-state index contributed by atoms with van der Waals surface area (Å²) < 4.78 is 1.82. The SMILES string of the molecule is CN(C(=O)c1ccc([N+](=O)[O-])cc1O)[C@H]1CCCc2c1cnn2C. The monoisotopic (exact) mass is 330 g/mol. The molecule has 0 bridgehead atoms. The highest BCUT2D eigenvalue weighted by Gasteiger charge is 2.30. The summed E-state index contributed by atoms with van der Waals surface area (Å²) in [5, 5.41) is 25.0. The number of phenolic OH excluding ortho intramolecular Hbond substituents is 1. The van der Waals surface area contributed by atoms with Crippen LogP contribution in [0.2, 0.25) is 0 Å². The van der Waals surface area contributed by atoms with Gasteiger partial charge in [0, 0.05) is 31.4 Å². The number of non-ortho nitro benzene ring substituents is 1. The Morgan fingerprint density at radius 1 is 1.50 bits per heavy atom. The number of carbonyl (C=O) groups excluding carboxylic acids is 1. The van der Waals surface area contributed by atoms with E-state index in [0.29, 0.717) is 0 Å². The molecule has 0 aliphatic heterocycles. The van der Waals surface area contributed by atoms with Gasteiger partial charge in [0.2, 0.25) is 0 Å². The molecule has 0 saturated carbocycles. The van der Waals surface area contributed by atoms with Crippen LogP contribution in [0.15, 0.2) is 24.4 Å². The molecule has 1 aliphatic rings. The smallest absolute Gasteiger partial charge is 0.273 e. The zero-order valence-corrected chi connectivity index (χ0v) is 13.5. The highest BCUT2D eigenvalue weighted by molar-refractivity contribution is 5.97. The highest BCUT2D eigenvalue weighted by Crippen LogP contribution is 2.35. The number of benzene rings is 1. The van der Waals surface area contributed by atoms with Crippen LogP contribution in [0.4, 0.5) is 5.69 Å². The Bertz CT molecular complexity index is 814. The lowest BCUT2D eigenvalue weighted by atomic mass is 9.91. The summed E-state index contributed by atoms with van der Waals surface area (Å²) in [4.78, 5) is 24.4. The normalized spacial score (nSPS) is 16.5. The van der Waals surface area contributed by atoms with Crippen molar-refractivity contribution >= 4 is 11.6 Å². The largest absolute Gasteiger partial charge is 0.507 e. The van der Waals surface area contributed by atoms with Gasteiger partial charge < -0.3 is 10.0 Å². The number of aromatic hydroxyl groups is 1. The molecular weight excluding hydrogens is 312 g/mol. The Morgan fingerprint density at radius 3 is 2.92 bits per heavy atom. The predicted molar refractivity (Wildman–Crippen MR) is 85.7 cm³/mol. The predicted octanol–water partition coefficient (Wildman–Crippen LogP) is 2.18. The van der Waals surface area contributed by atoms with Gasteiger partial charge in [0.05, 0.1) is 28.8 Å². The second kappa shape index (κ2) is 5.95. The van der Waals surface area contributed by atoms with Crippen molar-refractivity contribution < 1.29 is 14.8 Å².